The van der Waals surface area contributed by atoms with Gasteiger partial charge in [0.15, 0.2) is 10.8 Å². The van der Waals surface area contributed by atoms with Crippen LogP contribution in [0.5, 0.6) is 5.75 Å². The van der Waals surface area contributed by atoms with Gasteiger partial charge in [-0.05, 0) is 50.9 Å². The van der Waals surface area contributed by atoms with Crippen LogP contribution in [-0.2, 0) is 13.2 Å². The van der Waals surface area contributed by atoms with Crippen molar-refractivity contribution < 1.29 is 4.74 Å². The molecule has 0 atom stereocenters. The lowest BCUT2D eigenvalue weighted by molar-refractivity contribution is 0.267. The Morgan fingerprint density at radius 3 is 2.50 bits per heavy atom. The van der Waals surface area contributed by atoms with E-state index in [1.54, 1.807) is 11.3 Å². The Kier molecular flexibility index (Phi) is 5.17. The lowest BCUT2D eigenvalue weighted by atomic mass is 10.1. The third-order valence-corrected chi connectivity index (χ3v) is 5.78. The van der Waals surface area contributed by atoms with Gasteiger partial charge in [0.1, 0.15) is 12.4 Å². The van der Waals surface area contributed by atoms with Crippen molar-refractivity contribution in [3.63, 3.8) is 0 Å². The summed E-state index contributed by atoms with van der Waals surface area (Å²) in [7, 11) is 0. The van der Waals surface area contributed by atoms with E-state index in [0.29, 0.717) is 6.61 Å². The second-order valence-corrected chi connectivity index (χ2v) is 8.05. The van der Waals surface area contributed by atoms with Crippen LogP contribution in [-0.4, -0.2) is 37.8 Å². The van der Waals surface area contributed by atoms with E-state index in [-0.39, 0.29) is 0 Å². The summed E-state index contributed by atoms with van der Waals surface area (Å²) in [6.45, 7) is 7.70. The molecule has 4 rings (SSSR count). The first-order valence-electron chi connectivity index (χ1n) is 9.32. The number of fused-ring (bicyclic) bond motifs is 1. The Morgan fingerprint density at radius 1 is 1.04 bits per heavy atom. The van der Waals surface area contributed by atoms with Gasteiger partial charge in [0.2, 0.25) is 4.96 Å². The number of aromatic nitrogens is 4. The molecular formula is C19H25N5OS. The van der Waals surface area contributed by atoms with Gasteiger partial charge < -0.3 is 4.74 Å². The fourth-order valence-corrected chi connectivity index (χ4v) is 4.27. The Labute approximate surface area is 157 Å². The first-order chi connectivity index (χ1) is 12.7. The van der Waals surface area contributed by atoms with E-state index in [1.807, 2.05) is 4.52 Å². The van der Waals surface area contributed by atoms with Gasteiger partial charge in [0.25, 0.3) is 0 Å². The maximum absolute atomic E-state index is 6.03. The molecule has 1 aliphatic heterocycles. The molecule has 0 unspecified atom stereocenters. The first kappa shape index (κ1) is 17.4. The average molecular weight is 372 g/mol. The quantitative estimate of drug-likeness (QED) is 0.683. The monoisotopic (exact) mass is 371 g/mol. The van der Waals surface area contributed by atoms with Crippen molar-refractivity contribution in [2.75, 3.05) is 13.1 Å². The zero-order chi connectivity index (χ0) is 17.9. The third-order valence-electron chi connectivity index (χ3n) is 4.91. The molecule has 0 saturated carbocycles. The van der Waals surface area contributed by atoms with E-state index >= 15 is 0 Å². The van der Waals surface area contributed by atoms with Crippen LogP contribution in [0.1, 0.15) is 47.6 Å². The van der Waals surface area contributed by atoms with Crippen molar-refractivity contribution in [2.24, 2.45) is 0 Å². The Hall–Kier alpha value is -1.99. The summed E-state index contributed by atoms with van der Waals surface area (Å²) in [4.78, 5) is 3.31. The molecular weight excluding hydrogens is 346 g/mol. The molecule has 0 bridgehead atoms. The smallest absolute Gasteiger partial charge is 0.234 e. The summed E-state index contributed by atoms with van der Waals surface area (Å²) >= 11 is 1.55. The molecule has 0 N–H and O–H groups in total. The number of para-hydroxylation sites is 1. The number of likely N-dealkylation sites (tertiary alicyclic amines) is 1. The van der Waals surface area contributed by atoms with Gasteiger partial charge in [-0.2, -0.15) is 9.61 Å². The van der Waals surface area contributed by atoms with Gasteiger partial charge in [-0.1, -0.05) is 42.4 Å². The van der Waals surface area contributed by atoms with Crippen LogP contribution < -0.4 is 4.74 Å². The molecule has 1 fully saturated rings. The number of hydrogen-bond acceptors (Lipinski definition) is 6. The number of benzene rings is 1. The zero-order valence-electron chi connectivity index (χ0n) is 15.4. The molecule has 0 spiro atoms. The van der Waals surface area contributed by atoms with Gasteiger partial charge in [-0.15, -0.1) is 10.2 Å². The van der Waals surface area contributed by atoms with Crippen molar-refractivity contribution in [3.8, 4) is 5.75 Å². The molecule has 1 aromatic carbocycles. The topological polar surface area (TPSA) is 55.6 Å². The van der Waals surface area contributed by atoms with Gasteiger partial charge in [0.05, 0.1) is 6.54 Å². The molecule has 1 saturated heterocycles. The highest BCUT2D eigenvalue weighted by Gasteiger charge is 2.16. The molecule has 6 nitrogen and oxygen atoms in total. The van der Waals surface area contributed by atoms with E-state index in [4.69, 9.17) is 9.84 Å². The van der Waals surface area contributed by atoms with Crippen molar-refractivity contribution in [1.82, 2.24) is 24.7 Å². The van der Waals surface area contributed by atoms with Gasteiger partial charge in [-0.3, -0.25) is 4.90 Å². The van der Waals surface area contributed by atoms with E-state index in [1.165, 1.54) is 25.7 Å². The lowest BCUT2D eigenvalue weighted by Gasteiger charge is -2.17. The second-order valence-electron chi connectivity index (χ2n) is 7.01. The van der Waals surface area contributed by atoms with Gasteiger partial charge in [-0.25, -0.2) is 0 Å². The van der Waals surface area contributed by atoms with Crippen LogP contribution in [0.15, 0.2) is 18.2 Å². The Balaban J connectivity index is 1.47. The number of hydrogen-bond donors (Lipinski definition) is 0. The summed E-state index contributed by atoms with van der Waals surface area (Å²) < 4.78 is 7.92. The number of nitrogens with zero attached hydrogens (tertiary/aromatic N) is 5. The largest absolute Gasteiger partial charge is 0.486 e. The Morgan fingerprint density at radius 2 is 1.77 bits per heavy atom. The molecule has 138 valence electrons. The predicted octanol–water partition coefficient (Wildman–Crippen LogP) is 3.76. The summed E-state index contributed by atoms with van der Waals surface area (Å²) in [5.74, 6) is 1.87. The van der Waals surface area contributed by atoms with Crippen LogP contribution in [0.3, 0.4) is 0 Å². The standard InChI is InChI=1S/C19H25N5OS/c1-14-8-7-9-15(2)18(14)25-13-17-22-24-16(20-21-19(24)26-17)12-23-10-5-3-4-6-11-23/h7-9H,3-6,10-13H2,1-2H3. The van der Waals surface area contributed by atoms with Crippen LogP contribution in [0, 0.1) is 13.8 Å². The summed E-state index contributed by atoms with van der Waals surface area (Å²) in [6.07, 6.45) is 5.21. The lowest BCUT2D eigenvalue weighted by Crippen LogP contribution is -2.25. The maximum Gasteiger partial charge on any atom is 0.234 e. The molecule has 1 aliphatic rings. The highest BCUT2D eigenvalue weighted by molar-refractivity contribution is 7.16. The van der Waals surface area contributed by atoms with Gasteiger partial charge >= 0.3 is 0 Å². The van der Waals surface area contributed by atoms with E-state index in [2.05, 4.69) is 47.1 Å². The summed E-state index contributed by atoms with van der Waals surface area (Å²) in [5, 5.41) is 14.3. The van der Waals surface area contributed by atoms with Crippen LogP contribution in [0.25, 0.3) is 4.96 Å². The fraction of sp³-hybridized carbons (Fsp3) is 0.526. The summed E-state index contributed by atoms with van der Waals surface area (Å²) in [6, 6.07) is 6.19. The predicted molar refractivity (Wildman–Crippen MR) is 103 cm³/mol. The van der Waals surface area contributed by atoms with Crippen molar-refractivity contribution in [3.05, 3.63) is 40.2 Å². The first-order valence-corrected chi connectivity index (χ1v) is 10.1. The maximum atomic E-state index is 6.03. The molecule has 3 heterocycles. The van der Waals surface area contributed by atoms with Crippen LogP contribution >= 0.6 is 11.3 Å². The molecule has 0 amide bonds. The molecule has 2 aromatic heterocycles. The highest BCUT2D eigenvalue weighted by atomic mass is 32.1. The third kappa shape index (κ3) is 3.73. The van der Waals surface area contributed by atoms with Gasteiger partial charge in [0, 0.05) is 0 Å². The van der Waals surface area contributed by atoms with Crippen LogP contribution in [0.4, 0.5) is 0 Å². The SMILES string of the molecule is Cc1cccc(C)c1OCc1nn2c(CN3CCCCCC3)nnc2s1. The number of rotatable bonds is 5. The van der Waals surface area contributed by atoms with Crippen molar-refractivity contribution >= 4 is 16.3 Å². The minimum atomic E-state index is 0.461. The number of ether oxygens (including phenoxy) is 1. The normalized spacial score (nSPS) is 16.1. The zero-order valence-corrected chi connectivity index (χ0v) is 16.3. The van der Waals surface area contributed by atoms with Crippen LogP contribution in [0.2, 0.25) is 0 Å². The Bertz CT molecular complexity index is 859. The molecule has 7 heteroatoms. The van der Waals surface area contributed by atoms with E-state index < -0.39 is 0 Å². The van der Waals surface area contributed by atoms with E-state index in [0.717, 1.165) is 52.3 Å². The average Bonchev–Trinajstić information content (AvgIpc) is 3.07. The fourth-order valence-electron chi connectivity index (χ4n) is 3.51. The molecule has 3 aromatic rings. The van der Waals surface area contributed by atoms with Crippen molar-refractivity contribution in [1.29, 1.82) is 0 Å². The second kappa shape index (κ2) is 7.72. The molecule has 0 radical (unpaired) electrons. The minimum Gasteiger partial charge on any atom is -0.486 e. The number of aryl methyl sites for hydroxylation is 2. The molecule has 0 aliphatic carbocycles. The highest BCUT2D eigenvalue weighted by Crippen LogP contribution is 2.24. The minimum absolute atomic E-state index is 0.461. The summed E-state index contributed by atoms with van der Waals surface area (Å²) in [5.41, 5.74) is 2.30. The van der Waals surface area contributed by atoms with Crippen molar-refractivity contribution in [2.45, 2.75) is 52.7 Å². The molecule has 26 heavy (non-hydrogen) atoms. The van der Waals surface area contributed by atoms with E-state index in [9.17, 15) is 0 Å².